The normalized spacial score (nSPS) is 16.5. The molecule has 4 nitrogen and oxygen atoms in total. The van der Waals surface area contributed by atoms with Crippen LogP contribution in [0.1, 0.15) is 44.9 Å². The van der Waals surface area contributed by atoms with Crippen LogP contribution in [0.25, 0.3) is 11.4 Å². The largest absolute Gasteiger partial charge is 0.332 e. The molecule has 0 bridgehead atoms. The van der Waals surface area contributed by atoms with Crippen molar-refractivity contribution in [1.29, 1.82) is 0 Å². The molecular formula is C17H21F2N3OS. The van der Waals surface area contributed by atoms with E-state index >= 15 is 0 Å². The lowest BCUT2D eigenvalue weighted by atomic mass is 9.90. The number of nitrogens with one attached hydrogen (secondary N) is 1. The summed E-state index contributed by atoms with van der Waals surface area (Å²) in [7, 11) is 0. The summed E-state index contributed by atoms with van der Waals surface area (Å²) in [6.07, 6.45) is 6.68. The molecule has 1 heterocycles. The van der Waals surface area contributed by atoms with Crippen molar-refractivity contribution in [2.45, 2.75) is 49.8 Å². The lowest BCUT2D eigenvalue weighted by molar-refractivity contribution is -0.0158. The van der Waals surface area contributed by atoms with Gasteiger partial charge in [0.1, 0.15) is 0 Å². The third-order valence-corrected chi connectivity index (χ3v) is 5.02. The Morgan fingerprint density at radius 1 is 1.21 bits per heavy atom. The predicted octanol–water partition coefficient (Wildman–Crippen LogP) is 5.03. The van der Waals surface area contributed by atoms with Crippen LogP contribution in [0, 0.1) is 5.92 Å². The third kappa shape index (κ3) is 4.54. The molecule has 1 N–H and O–H groups in total. The van der Waals surface area contributed by atoms with Gasteiger partial charge in [0.25, 0.3) is 5.89 Å². The predicted molar refractivity (Wildman–Crippen MR) is 89.7 cm³/mol. The maximum atomic E-state index is 13.1. The van der Waals surface area contributed by atoms with E-state index in [1.807, 2.05) is 24.3 Å². The van der Waals surface area contributed by atoms with Gasteiger partial charge in [-0.3, -0.25) is 4.72 Å². The van der Waals surface area contributed by atoms with Crippen molar-refractivity contribution >= 4 is 11.9 Å². The highest BCUT2D eigenvalue weighted by atomic mass is 32.2. The first-order valence-corrected chi connectivity index (χ1v) is 9.06. The number of aromatic nitrogens is 2. The second-order valence-electron chi connectivity index (χ2n) is 6.29. The lowest BCUT2D eigenvalue weighted by Gasteiger charge is -2.21. The van der Waals surface area contributed by atoms with Crippen LogP contribution < -0.4 is 4.72 Å². The zero-order chi connectivity index (χ0) is 17.0. The summed E-state index contributed by atoms with van der Waals surface area (Å²) in [5.41, 5.74) is 0.658. The number of nitrogens with zero attached hydrogens (tertiary/aromatic N) is 2. The van der Waals surface area contributed by atoms with E-state index in [0.717, 1.165) is 24.3 Å². The fourth-order valence-electron chi connectivity index (χ4n) is 2.83. The van der Waals surface area contributed by atoms with Gasteiger partial charge in [-0.25, -0.2) is 0 Å². The average Bonchev–Trinajstić information content (AvgIpc) is 3.07. The van der Waals surface area contributed by atoms with Gasteiger partial charge in [0, 0.05) is 23.9 Å². The summed E-state index contributed by atoms with van der Waals surface area (Å²) >= 11 is 1.59. The summed E-state index contributed by atoms with van der Waals surface area (Å²) in [5.74, 6) is -2.83. The topological polar surface area (TPSA) is 51.0 Å². The van der Waals surface area contributed by atoms with Crippen LogP contribution in [-0.2, 0) is 5.92 Å². The first-order valence-electron chi connectivity index (χ1n) is 8.24. The van der Waals surface area contributed by atoms with E-state index in [-0.39, 0.29) is 5.82 Å². The van der Waals surface area contributed by atoms with Crippen molar-refractivity contribution in [2.75, 3.05) is 6.54 Å². The summed E-state index contributed by atoms with van der Waals surface area (Å²) in [6, 6.07) is 7.47. The van der Waals surface area contributed by atoms with Crippen LogP contribution in [-0.4, -0.2) is 16.7 Å². The van der Waals surface area contributed by atoms with Crippen molar-refractivity contribution < 1.29 is 13.3 Å². The van der Waals surface area contributed by atoms with E-state index in [4.69, 9.17) is 0 Å². The molecule has 1 aromatic carbocycles. The number of hydrogen-bond donors (Lipinski definition) is 1. The number of benzene rings is 1. The second kappa shape index (κ2) is 7.61. The molecule has 2 aromatic rings. The Bertz CT molecular complexity index is 649. The highest BCUT2D eigenvalue weighted by Gasteiger charge is 2.32. The van der Waals surface area contributed by atoms with E-state index in [0.29, 0.717) is 5.56 Å². The molecule has 1 aliphatic carbocycles. The van der Waals surface area contributed by atoms with E-state index in [1.165, 1.54) is 32.1 Å². The lowest BCUT2D eigenvalue weighted by Crippen LogP contribution is -2.19. The van der Waals surface area contributed by atoms with Crippen LogP contribution in [0.2, 0.25) is 0 Å². The summed E-state index contributed by atoms with van der Waals surface area (Å²) in [4.78, 5) is 4.82. The Morgan fingerprint density at radius 3 is 2.54 bits per heavy atom. The molecule has 1 aliphatic rings. The Hall–Kier alpha value is -1.47. The van der Waals surface area contributed by atoms with Gasteiger partial charge in [-0.15, -0.1) is 0 Å². The molecule has 130 valence electrons. The molecule has 0 amide bonds. The number of alkyl halides is 2. The van der Waals surface area contributed by atoms with Gasteiger partial charge in [-0.05, 0) is 55.0 Å². The molecule has 3 rings (SSSR count). The molecule has 0 unspecified atom stereocenters. The van der Waals surface area contributed by atoms with E-state index in [9.17, 15) is 8.78 Å². The summed E-state index contributed by atoms with van der Waals surface area (Å²) in [6.45, 7) is 1.76. The molecule has 0 saturated heterocycles. The Morgan fingerprint density at radius 2 is 1.92 bits per heavy atom. The van der Waals surface area contributed by atoms with E-state index in [1.54, 1.807) is 11.9 Å². The number of hydrogen-bond acceptors (Lipinski definition) is 5. The van der Waals surface area contributed by atoms with Crippen molar-refractivity contribution in [3.63, 3.8) is 0 Å². The fraction of sp³-hybridized carbons (Fsp3) is 0.529. The minimum absolute atomic E-state index is 0.179. The quantitative estimate of drug-likeness (QED) is 0.739. The maximum absolute atomic E-state index is 13.1. The SMILES string of the molecule is CC(F)(F)c1nc(-c2ccc(SNCC3CCCCC3)cc2)no1. The molecular weight excluding hydrogens is 332 g/mol. The highest BCUT2D eigenvalue weighted by molar-refractivity contribution is 7.97. The van der Waals surface area contributed by atoms with Gasteiger partial charge < -0.3 is 4.52 Å². The molecule has 24 heavy (non-hydrogen) atoms. The molecule has 0 atom stereocenters. The van der Waals surface area contributed by atoms with Crippen LogP contribution in [0.5, 0.6) is 0 Å². The third-order valence-electron chi connectivity index (χ3n) is 4.20. The van der Waals surface area contributed by atoms with Crippen molar-refractivity contribution in [2.24, 2.45) is 5.92 Å². The standard InChI is InChI=1S/C17H21F2N3OS/c1-17(18,19)16-21-15(22-23-16)13-7-9-14(10-8-13)24-20-11-12-5-3-2-4-6-12/h7-10,12,20H,2-6,11H2,1H3. The van der Waals surface area contributed by atoms with Crippen LogP contribution in [0.15, 0.2) is 33.7 Å². The highest BCUT2D eigenvalue weighted by Crippen LogP contribution is 2.28. The van der Waals surface area contributed by atoms with Crippen molar-refractivity contribution in [3.05, 3.63) is 30.2 Å². The van der Waals surface area contributed by atoms with Gasteiger partial charge >= 0.3 is 5.92 Å². The smallest absolute Gasteiger partial charge is 0.322 e. The van der Waals surface area contributed by atoms with Crippen LogP contribution in [0.3, 0.4) is 0 Å². The van der Waals surface area contributed by atoms with E-state index in [2.05, 4.69) is 19.4 Å². The minimum Gasteiger partial charge on any atom is -0.332 e. The minimum atomic E-state index is -3.12. The van der Waals surface area contributed by atoms with Gasteiger partial charge in [-0.1, -0.05) is 24.4 Å². The number of halogens is 2. The summed E-state index contributed by atoms with van der Waals surface area (Å²) in [5, 5.41) is 3.62. The molecule has 1 aromatic heterocycles. The number of rotatable bonds is 6. The molecule has 7 heteroatoms. The fourth-order valence-corrected chi connectivity index (χ4v) is 3.58. The second-order valence-corrected chi connectivity index (χ2v) is 7.25. The molecule has 0 spiro atoms. The van der Waals surface area contributed by atoms with Crippen LogP contribution >= 0.6 is 11.9 Å². The van der Waals surface area contributed by atoms with Gasteiger partial charge in [0.15, 0.2) is 0 Å². The van der Waals surface area contributed by atoms with Gasteiger partial charge in [-0.2, -0.15) is 13.8 Å². The molecule has 1 saturated carbocycles. The van der Waals surface area contributed by atoms with Crippen LogP contribution in [0.4, 0.5) is 8.78 Å². The average molecular weight is 353 g/mol. The van der Waals surface area contributed by atoms with E-state index < -0.39 is 11.8 Å². The maximum Gasteiger partial charge on any atom is 0.322 e. The zero-order valence-corrected chi connectivity index (χ0v) is 14.4. The Kier molecular flexibility index (Phi) is 5.50. The molecule has 0 radical (unpaired) electrons. The zero-order valence-electron chi connectivity index (χ0n) is 13.6. The van der Waals surface area contributed by atoms with Gasteiger partial charge in [0.05, 0.1) is 0 Å². The van der Waals surface area contributed by atoms with Crippen molar-refractivity contribution in [3.8, 4) is 11.4 Å². The first kappa shape index (κ1) is 17.4. The first-order chi connectivity index (χ1) is 11.5. The molecule has 1 fully saturated rings. The Balaban J connectivity index is 1.54. The molecule has 0 aliphatic heterocycles. The van der Waals surface area contributed by atoms with Crippen molar-refractivity contribution in [1.82, 2.24) is 14.9 Å². The Labute approximate surface area is 144 Å². The summed E-state index contributed by atoms with van der Waals surface area (Å²) < 4.78 is 34.3. The monoisotopic (exact) mass is 353 g/mol. The van der Waals surface area contributed by atoms with Gasteiger partial charge in [0.2, 0.25) is 5.82 Å².